The molecule has 0 aliphatic heterocycles. The van der Waals surface area contributed by atoms with E-state index in [0.29, 0.717) is 6.54 Å². The summed E-state index contributed by atoms with van der Waals surface area (Å²) in [5, 5.41) is 3.28. The summed E-state index contributed by atoms with van der Waals surface area (Å²) in [6.07, 6.45) is 6.68. The molecule has 0 aliphatic rings. The van der Waals surface area contributed by atoms with Crippen LogP contribution in [0.2, 0.25) is 0 Å². The molecule has 0 saturated carbocycles. The monoisotopic (exact) mass is 255 g/mol. The van der Waals surface area contributed by atoms with E-state index in [4.69, 9.17) is 4.42 Å². The lowest BCUT2D eigenvalue weighted by Gasteiger charge is -2.06. The maximum atomic E-state index is 11.5. The lowest BCUT2D eigenvalue weighted by molar-refractivity contribution is 0.564. The number of benzene rings is 1. The van der Waals surface area contributed by atoms with Crippen molar-refractivity contribution in [3.05, 3.63) is 71.3 Å². The van der Waals surface area contributed by atoms with Crippen molar-refractivity contribution >= 4 is 5.69 Å². The highest BCUT2D eigenvalue weighted by Crippen LogP contribution is 2.13. The van der Waals surface area contributed by atoms with Gasteiger partial charge in [-0.25, -0.2) is 4.79 Å². The molecule has 0 unspecified atom stereocenters. The standard InChI is InChI=1S/C14H13N3O2/c18-14-15-6-7-17(14)13-3-1-12(2-4-13)16-9-11-5-8-19-10-11/h1-8,10,16H,9H2,(H,15,18). The Labute approximate surface area is 109 Å². The second-order valence-electron chi connectivity index (χ2n) is 4.17. The van der Waals surface area contributed by atoms with Crippen molar-refractivity contribution in [1.29, 1.82) is 0 Å². The summed E-state index contributed by atoms with van der Waals surface area (Å²) in [5.74, 6) is 0. The predicted octanol–water partition coefficient (Wildman–Crippen LogP) is 2.37. The normalized spacial score (nSPS) is 10.5. The molecule has 3 rings (SSSR count). The Morgan fingerprint density at radius 2 is 2.05 bits per heavy atom. The van der Waals surface area contributed by atoms with Crippen LogP contribution in [0.1, 0.15) is 5.56 Å². The molecule has 0 fully saturated rings. The average Bonchev–Trinajstić information content (AvgIpc) is 3.08. The van der Waals surface area contributed by atoms with Gasteiger partial charge in [-0.2, -0.15) is 0 Å². The maximum absolute atomic E-state index is 11.5. The van der Waals surface area contributed by atoms with Crippen LogP contribution in [0.4, 0.5) is 5.69 Å². The minimum Gasteiger partial charge on any atom is -0.472 e. The zero-order valence-electron chi connectivity index (χ0n) is 10.2. The molecule has 0 atom stereocenters. The number of nitrogens with zero attached hydrogens (tertiary/aromatic N) is 1. The van der Waals surface area contributed by atoms with E-state index in [1.165, 1.54) is 0 Å². The fraction of sp³-hybridized carbons (Fsp3) is 0.0714. The summed E-state index contributed by atoms with van der Waals surface area (Å²) >= 11 is 0. The van der Waals surface area contributed by atoms with Gasteiger partial charge in [0.15, 0.2) is 0 Å². The number of rotatable bonds is 4. The second kappa shape index (κ2) is 4.89. The Morgan fingerprint density at radius 3 is 2.68 bits per heavy atom. The first-order chi connectivity index (χ1) is 9.33. The van der Waals surface area contributed by atoms with Crippen LogP contribution in [-0.2, 0) is 6.54 Å². The molecule has 2 aromatic heterocycles. The van der Waals surface area contributed by atoms with Crippen LogP contribution in [-0.4, -0.2) is 9.55 Å². The van der Waals surface area contributed by atoms with Gasteiger partial charge >= 0.3 is 5.69 Å². The molecule has 2 heterocycles. The van der Waals surface area contributed by atoms with Crippen molar-refractivity contribution < 1.29 is 4.42 Å². The zero-order chi connectivity index (χ0) is 13.1. The van der Waals surface area contributed by atoms with E-state index in [1.807, 2.05) is 30.3 Å². The SMILES string of the molecule is O=c1[nH]ccn1-c1ccc(NCc2ccoc2)cc1. The van der Waals surface area contributed by atoms with Gasteiger partial charge in [0.05, 0.1) is 18.2 Å². The number of furan rings is 1. The maximum Gasteiger partial charge on any atom is 0.330 e. The number of aromatic nitrogens is 2. The first-order valence-corrected chi connectivity index (χ1v) is 5.94. The summed E-state index contributed by atoms with van der Waals surface area (Å²) < 4.78 is 6.56. The molecule has 5 nitrogen and oxygen atoms in total. The van der Waals surface area contributed by atoms with E-state index < -0.39 is 0 Å². The second-order valence-corrected chi connectivity index (χ2v) is 4.17. The summed E-state index contributed by atoms with van der Waals surface area (Å²) in [4.78, 5) is 14.1. The fourth-order valence-electron chi connectivity index (χ4n) is 1.86. The fourth-order valence-corrected chi connectivity index (χ4v) is 1.86. The van der Waals surface area contributed by atoms with E-state index in [1.54, 1.807) is 29.5 Å². The van der Waals surface area contributed by atoms with Crippen LogP contribution in [0.5, 0.6) is 0 Å². The molecule has 3 aromatic rings. The van der Waals surface area contributed by atoms with Crippen molar-refractivity contribution in [1.82, 2.24) is 9.55 Å². The third kappa shape index (κ3) is 2.44. The van der Waals surface area contributed by atoms with Crippen molar-refractivity contribution in [3.8, 4) is 5.69 Å². The Hall–Kier alpha value is -2.69. The van der Waals surface area contributed by atoms with E-state index in [0.717, 1.165) is 16.9 Å². The first-order valence-electron chi connectivity index (χ1n) is 5.94. The molecule has 19 heavy (non-hydrogen) atoms. The number of anilines is 1. The van der Waals surface area contributed by atoms with Crippen LogP contribution >= 0.6 is 0 Å². The lowest BCUT2D eigenvalue weighted by Crippen LogP contribution is -2.13. The van der Waals surface area contributed by atoms with Gasteiger partial charge in [-0.15, -0.1) is 0 Å². The van der Waals surface area contributed by atoms with Crippen LogP contribution in [0, 0.1) is 0 Å². The van der Waals surface area contributed by atoms with Crippen LogP contribution in [0.15, 0.2) is 64.5 Å². The third-order valence-corrected chi connectivity index (χ3v) is 2.87. The summed E-state index contributed by atoms with van der Waals surface area (Å²) in [5.41, 5.74) is 2.78. The van der Waals surface area contributed by atoms with Crippen LogP contribution < -0.4 is 11.0 Å². The Bertz CT molecular complexity index is 693. The van der Waals surface area contributed by atoms with E-state index in [-0.39, 0.29) is 5.69 Å². The number of hydrogen-bond donors (Lipinski definition) is 2. The topological polar surface area (TPSA) is 63.0 Å². The number of H-pyrrole nitrogens is 1. The first kappa shape index (κ1) is 11.4. The summed E-state index contributed by atoms with van der Waals surface area (Å²) in [7, 11) is 0. The molecule has 0 amide bonds. The molecule has 0 aliphatic carbocycles. The van der Waals surface area contributed by atoms with E-state index in [9.17, 15) is 4.79 Å². The lowest BCUT2D eigenvalue weighted by atomic mass is 10.2. The quantitative estimate of drug-likeness (QED) is 0.752. The van der Waals surface area contributed by atoms with Gasteiger partial charge in [0, 0.05) is 30.2 Å². The third-order valence-electron chi connectivity index (χ3n) is 2.87. The Balaban J connectivity index is 1.72. The van der Waals surface area contributed by atoms with Crippen molar-refractivity contribution in [3.63, 3.8) is 0 Å². The molecule has 5 heteroatoms. The van der Waals surface area contributed by atoms with Gasteiger partial charge in [-0.05, 0) is 30.3 Å². The predicted molar refractivity (Wildman–Crippen MR) is 72.4 cm³/mol. The molecule has 0 bridgehead atoms. The average molecular weight is 255 g/mol. The number of imidazole rings is 1. The van der Waals surface area contributed by atoms with Crippen LogP contribution in [0.25, 0.3) is 5.69 Å². The van der Waals surface area contributed by atoms with E-state index in [2.05, 4.69) is 10.3 Å². The van der Waals surface area contributed by atoms with Crippen molar-refractivity contribution in [2.75, 3.05) is 5.32 Å². The zero-order valence-corrected chi connectivity index (χ0v) is 10.2. The van der Waals surface area contributed by atoms with E-state index >= 15 is 0 Å². The van der Waals surface area contributed by atoms with Crippen molar-refractivity contribution in [2.24, 2.45) is 0 Å². The number of hydrogen-bond acceptors (Lipinski definition) is 3. The van der Waals surface area contributed by atoms with Gasteiger partial charge < -0.3 is 14.7 Å². The molecular weight excluding hydrogens is 242 g/mol. The summed E-state index contributed by atoms with van der Waals surface area (Å²) in [6, 6.07) is 9.59. The number of nitrogens with one attached hydrogen (secondary N) is 2. The minimum atomic E-state index is -0.140. The Morgan fingerprint density at radius 1 is 1.21 bits per heavy atom. The highest BCUT2D eigenvalue weighted by atomic mass is 16.3. The van der Waals surface area contributed by atoms with Gasteiger partial charge in [0.2, 0.25) is 0 Å². The largest absolute Gasteiger partial charge is 0.472 e. The smallest absolute Gasteiger partial charge is 0.330 e. The highest BCUT2D eigenvalue weighted by molar-refractivity contribution is 5.48. The van der Waals surface area contributed by atoms with Crippen LogP contribution in [0.3, 0.4) is 0 Å². The molecular formula is C14H13N3O2. The minimum absolute atomic E-state index is 0.140. The molecule has 0 spiro atoms. The van der Waals surface area contributed by atoms with Gasteiger partial charge in [0.1, 0.15) is 0 Å². The van der Waals surface area contributed by atoms with Gasteiger partial charge in [-0.3, -0.25) is 4.57 Å². The molecule has 96 valence electrons. The molecule has 1 aromatic carbocycles. The van der Waals surface area contributed by atoms with Crippen molar-refractivity contribution in [2.45, 2.75) is 6.54 Å². The molecule has 0 radical (unpaired) electrons. The van der Waals surface area contributed by atoms with Gasteiger partial charge in [0.25, 0.3) is 0 Å². The highest BCUT2D eigenvalue weighted by Gasteiger charge is 2.00. The number of aromatic amines is 1. The van der Waals surface area contributed by atoms with Gasteiger partial charge in [-0.1, -0.05) is 0 Å². The molecule has 0 saturated heterocycles. The summed E-state index contributed by atoms with van der Waals surface area (Å²) in [6.45, 7) is 0.708. The Kier molecular flexibility index (Phi) is 2.94. The molecule has 2 N–H and O–H groups in total.